The van der Waals surface area contributed by atoms with Gasteiger partial charge < -0.3 is 19.0 Å². The van der Waals surface area contributed by atoms with Gasteiger partial charge in [0.05, 0.1) is 0 Å². The fourth-order valence-corrected chi connectivity index (χ4v) is 12.1. The molecule has 1 atom stereocenters. The van der Waals surface area contributed by atoms with Crippen molar-refractivity contribution in [3.63, 3.8) is 0 Å². The maximum Gasteiger partial charge on any atom is 0.258 e. The second-order valence-electron chi connectivity index (χ2n) is 13.3. The zero-order valence-corrected chi connectivity index (χ0v) is 28.3. The Morgan fingerprint density at radius 3 is 2.19 bits per heavy atom. The standard InChI is InChI=1S/C37H50O4Si/c1-24(2)15-14-21-37(10)22-20-30-32(40-37)19-18-31-33(30)34(38)36(39-23-29-16-12-11-13-17-29)28(9)35(31)41-42(25(3)4,26(5)6)27(7)8/h11-13,15-20,22,25-27,38H,14,21,23H2,1-10H3/t37-/m1/s1. The maximum absolute atomic E-state index is 11.9. The first-order chi connectivity index (χ1) is 19.8. The van der Waals surface area contributed by atoms with Gasteiger partial charge in [-0.1, -0.05) is 89.6 Å². The summed E-state index contributed by atoms with van der Waals surface area (Å²) in [5.41, 5.74) is 4.83. The average molecular weight is 587 g/mol. The van der Waals surface area contributed by atoms with Crippen LogP contribution in [0.2, 0.25) is 16.6 Å². The van der Waals surface area contributed by atoms with E-state index in [-0.39, 0.29) is 5.75 Å². The molecule has 0 radical (unpaired) electrons. The van der Waals surface area contributed by atoms with Crippen LogP contribution in [0.3, 0.4) is 0 Å². The number of rotatable bonds is 11. The molecule has 1 aliphatic heterocycles. The number of fused-ring (bicyclic) bond motifs is 3. The zero-order chi connectivity index (χ0) is 30.8. The molecule has 0 saturated heterocycles. The fourth-order valence-electron chi connectivity index (χ4n) is 6.79. The summed E-state index contributed by atoms with van der Waals surface area (Å²) in [6.45, 7) is 22.5. The van der Waals surface area contributed by atoms with Crippen molar-refractivity contribution in [1.29, 1.82) is 0 Å². The van der Waals surface area contributed by atoms with Crippen molar-refractivity contribution in [2.24, 2.45) is 0 Å². The molecule has 4 rings (SSSR count). The lowest BCUT2D eigenvalue weighted by atomic mass is 9.91. The highest BCUT2D eigenvalue weighted by atomic mass is 28.4. The molecule has 226 valence electrons. The molecule has 0 aromatic heterocycles. The van der Waals surface area contributed by atoms with Gasteiger partial charge in [0, 0.05) is 21.9 Å². The smallest absolute Gasteiger partial charge is 0.258 e. The Morgan fingerprint density at radius 2 is 1.60 bits per heavy atom. The van der Waals surface area contributed by atoms with Crippen LogP contribution >= 0.6 is 0 Å². The van der Waals surface area contributed by atoms with Gasteiger partial charge in [-0.05, 0) is 80.9 Å². The van der Waals surface area contributed by atoms with E-state index in [9.17, 15) is 5.11 Å². The van der Waals surface area contributed by atoms with E-state index < -0.39 is 13.9 Å². The molecule has 0 amide bonds. The van der Waals surface area contributed by atoms with E-state index >= 15 is 0 Å². The molecule has 3 aromatic carbocycles. The van der Waals surface area contributed by atoms with Crippen LogP contribution in [-0.2, 0) is 6.61 Å². The Kier molecular flexibility index (Phi) is 9.51. The predicted molar refractivity (Wildman–Crippen MR) is 180 cm³/mol. The Morgan fingerprint density at radius 1 is 0.952 bits per heavy atom. The first-order valence-corrected chi connectivity index (χ1v) is 17.6. The Balaban J connectivity index is 1.91. The van der Waals surface area contributed by atoms with E-state index in [0.29, 0.717) is 29.0 Å². The van der Waals surface area contributed by atoms with Gasteiger partial charge in [0.2, 0.25) is 0 Å². The van der Waals surface area contributed by atoms with Crippen LogP contribution < -0.4 is 13.9 Å². The number of benzene rings is 3. The van der Waals surface area contributed by atoms with Crippen molar-refractivity contribution in [3.05, 3.63) is 76.9 Å². The molecule has 1 heterocycles. The maximum atomic E-state index is 11.9. The molecule has 0 spiro atoms. The van der Waals surface area contributed by atoms with E-state index in [0.717, 1.165) is 51.8 Å². The topological polar surface area (TPSA) is 47.9 Å². The van der Waals surface area contributed by atoms with Crippen molar-refractivity contribution in [2.45, 2.75) is 111 Å². The number of aromatic hydroxyl groups is 1. The number of phenols is 1. The monoisotopic (exact) mass is 586 g/mol. The van der Waals surface area contributed by atoms with Gasteiger partial charge in [-0.2, -0.15) is 0 Å². The van der Waals surface area contributed by atoms with Crippen LogP contribution in [0.1, 0.15) is 91.8 Å². The number of allylic oxidation sites excluding steroid dienone is 2. The molecule has 0 aliphatic carbocycles. The normalized spacial score (nSPS) is 16.6. The largest absolute Gasteiger partial charge is 0.542 e. The van der Waals surface area contributed by atoms with E-state index in [1.807, 2.05) is 43.3 Å². The van der Waals surface area contributed by atoms with E-state index in [1.165, 1.54) is 5.57 Å². The molecule has 1 aliphatic rings. The summed E-state index contributed by atoms with van der Waals surface area (Å²) in [7, 11) is -2.32. The predicted octanol–water partition coefficient (Wildman–Crippen LogP) is 10.9. The second kappa shape index (κ2) is 12.6. The molecule has 42 heavy (non-hydrogen) atoms. The SMILES string of the molecule is CC(C)=CCC[C@]1(C)C=Cc2c(ccc3c(O[Si](C(C)C)(C(C)C)C(C)C)c(C)c(OCc4ccccc4)c(O)c23)O1. The van der Waals surface area contributed by atoms with Crippen LogP contribution in [0.5, 0.6) is 23.0 Å². The summed E-state index contributed by atoms with van der Waals surface area (Å²) < 4.78 is 20.4. The lowest BCUT2D eigenvalue weighted by Crippen LogP contribution is -2.50. The Hall–Kier alpha value is -3.18. The van der Waals surface area contributed by atoms with Crippen molar-refractivity contribution in [1.82, 2.24) is 0 Å². The molecule has 1 N–H and O–H groups in total. The van der Waals surface area contributed by atoms with Crippen molar-refractivity contribution in [2.75, 3.05) is 0 Å². The molecule has 0 fully saturated rings. The van der Waals surface area contributed by atoms with Crippen LogP contribution in [0.15, 0.2) is 60.2 Å². The third-order valence-electron chi connectivity index (χ3n) is 8.93. The lowest BCUT2D eigenvalue weighted by molar-refractivity contribution is 0.129. The van der Waals surface area contributed by atoms with E-state index in [4.69, 9.17) is 13.9 Å². The number of phenolic OH excluding ortho intramolecular Hbond substituents is 1. The summed E-state index contributed by atoms with van der Waals surface area (Å²) in [4.78, 5) is 0. The molecule has 0 bridgehead atoms. The third kappa shape index (κ3) is 6.12. The molecule has 0 unspecified atom stereocenters. The summed E-state index contributed by atoms with van der Waals surface area (Å²) in [5.74, 6) is 2.19. The van der Waals surface area contributed by atoms with Crippen LogP contribution in [0.25, 0.3) is 16.8 Å². The van der Waals surface area contributed by atoms with E-state index in [2.05, 4.69) is 86.6 Å². The van der Waals surface area contributed by atoms with Crippen molar-refractivity contribution < 1.29 is 19.0 Å². The van der Waals surface area contributed by atoms with Gasteiger partial charge in [-0.15, -0.1) is 0 Å². The molecular weight excluding hydrogens is 536 g/mol. The highest BCUT2D eigenvalue weighted by Gasteiger charge is 2.48. The van der Waals surface area contributed by atoms with Gasteiger partial charge in [-0.25, -0.2) is 0 Å². The van der Waals surface area contributed by atoms with Crippen molar-refractivity contribution >= 4 is 25.2 Å². The molecular formula is C37H50O4Si. The fraction of sp³-hybridized carbons (Fsp3) is 0.459. The zero-order valence-electron chi connectivity index (χ0n) is 27.3. The first-order valence-electron chi connectivity index (χ1n) is 15.5. The minimum Gasteiger partial charge on any atom is -0.542 e. The van der Waals surface area contributed by atoms with Crippen LogP contribution in [-0.4, -0.2) is 19.0 Å². The van der Waals surface area contributed by atoms with Gasteiger partial charge >= 0.3 is 0 Å². The van der Waals surface area contributed by atoms with Gasteiger partial charge in [0.25, 0.3) is 8.32 Å². The van der Waals surface area contributed by atoms with Crippen LogP contribution in [0, 0.1) is 6.92 Å². The van der Waals surface area contributed by atoms with Gasteiger partial charge in [0.1, 0.15) is 23.7 Å². The molecule has 5 heteroatoms. The highest BCUT2D eigenvalue weighted by molar-refractivity contribution is 6.78. The quantitative estimate of drug-likeness (QED) is 0.179. The molecule has 0 saturated carbocycles. The summed E-state index contributed by atoms with van der Waals surface area (Å²) >= 11 is 0. The molecule has 4 nitrogen and oxygen atoms in total. The molecule has 3 aromatic rings. The second-order valence-corrected chi connectivity index (χ2v) is 18.7. The first kappa shape index (κ1) is 31.7. The van der Waals surface area contributed by atoms with E-state index in [1.54, 1.807) is 0 Å². The highest BCUT2D eigenvalue weighted by Crippen LogP contribution is 2.53. The number of hydrogen-bond acceptors (Lipinski definition) is 4. The number of ether oxygens (including phenoxy) is 2. The van der Waals surface area contributed by atoms with Crippen molar-refractivity contribution in [3.8, 4) is 23.0 Å². The third-order valence-corrected chi connectivity index (χ3v) is 14.9. The Bertz CT molecular complexity index is 1440. The summed E-state index contributed by atoms with van der Waals surface area (Å²) in [5, 5.41) is 13.5. The Labute approximate surface area is 254 Å². The minimum absolute atomic E-state index is 0.134. The lowest BCUT2D eigenvalue weighted by Gasteiger charge is -2.43. The summed E-state index contributed by atoms with van der Waals surface area (Å²) in [6.07, 6.45) is 8.31. The summed E-state index contributed by atoms with van der Waals surface area (Å²) in [6, 6.07) is 14.2. The van der Waals surface area contributed by atoms with Gasteiger partial charge in [0.15, 0.2) is 11.5 Å². The van der Waals surface area contributed by atoms with Crippen LogP contribution in [0.4, 0.5) is 0 Å². The number of hydrogen-bond donors (Lipinski definition) is 1. The van der Waals surface area contributed by atoms with Gasteiger partial charge in [-0.3, -0.25) is 0 Å². The minimum atomic E-state index is -2.32. The average Bonchev–Trinajstić information content (AvgIpc) is 2.92.